The second-order valence-corrected chi connectivity index (χ2v) is 5.32. The highest BCUT2D eigenvalue weighted by Gasteiger charge is 2.40. The lowest BCUT2D eigenvalue weighted by atomic mass is 9.78. The number of hydrogen-bond donors (Lipinski definition) is 1. The van der Waals surface area contributed by atoms with Gasteiger partial charge in [0.2, 0.25) is 0 Å². The minimum absolute atomic E-state index is 0.0851. The third-order valence-corrected chi connectivity index (χ3v) is 4.33. The highest BCUT2D eigenvalue weighted by molar-refractivity contribution is 7.99. The summed E-state index contributed by atoms with van der Waals surface area (Å²) in [6.07, 6.45) is 3.18. The van der Waals surface area contributed by atoms with Crippen LogP contribution in [-0.4, -0.2) is 46.6 Å². The van der Waals surface area contributed by atoms with Crippen molar-refractivity contribution in [1.29, 1.82) is 0 Å². The molecular weight excluding hydrogens is 198 g/mol. The molecule has 0 aromatic carbocycles. The van der Waals surface area contributed by atoms with E-state index in [1.54, 1.807) is 0 Å². The van der Waals surface area contributed by atoms with Gasteiger partial charge >= 0.3 is 5.97 Å². The summed E-state index contributed by atoms with van der Waals surface area (Å²) in [6, 6.07) is 0.339. The van der Waals surface area contributed by atoms with Crippen molar-refractivity contribution in [1.82, 2.24) is 4.90 Å². The first kappa shape index (κ1) is 10.3. The molecule has 3 nitrogen and oxygen atoms in total. The van der Waals surface area contributed by atoms with Crippen molar-refractivity contribution in [2.75, 3.05) is 24.6 Å². The zero-order valence-electron chi connectivity index (χ0n) is 8.32. The first-order valence-corrected chi connectivity index (χ1v) is 6.49. The molecule has 1 N–H and O–H groups in total. The topological polar surface area (TPSA) is 40.5 Å². The second kappa shape index (κ2) is 4.53. The molecule has 0 aromatic rings. The predicted octanol–water partition coefficient (Wildman–Crippen LogP) is 1.29. The van der Waals surface area contributed by atoms with Gasteiger partial charge in [0.05, 0.1) is 5.92 Å². The number of nitrogens with zero attached hydrogens (tertiary/aromatic N) is 1. The molecule has 0 radical (unpaired) electrons. The lowest BCUT2D eigenvalue weighted by molar-refractivity contribution is -0.148. The highest BCUT2D eigenvalue weighted by atomic mass is 32.2. The summed E-state index contributed by atoms with van der Waals surface area (Å²) in [5, 5.41) is 8.97. The fourth-order valence-electron chi connectivity index (χ4n) is 2.30. The van der Waals surface area contributed by atoms with Gasteiger partial charge < -0.3 is 5.11 Å². The molecule has 0 aromatic heterocycles. The molecule has 1 heterocycles. The molecule has 2 unspecified atom stereocenters. The van der Waals surface area contributed by atoms with Gasteiger partial charge in [-0.2, -0.15) is 11.8 Å². The molecular formula is C10H17NO2S. The van der Waals surface area contributed by atoms with Crippen molar-refractivity contribution in [3.63, 3.8) is 0 Å². The van der Waals surface area contributed by atoms with Crippen molar-refractivity contribution in [3.05, 3.63) is 0 Å². The fraction of sp³-hybridized carbons (Fsp3) is 0.900. The number of carbonyl (C=O) groups is 1. The van der Waals surface area contributed by atoms with Crippen LogP contribution in [0.15, 0.2) is 0 Å². The molecule has 2 fully saturated rings. The average molecular weight is 215 g/mol. The van der Waals surface area contributed by atoms with Crippen LogP contribution in [0.5, 0.6) is 0 Å². The maximum atomic E-state index is 10.9. The van der Waals surface area contributed by atoms with E-state index in [1.165, 1.54) is 17.9 Å². The van der Waals surface area contributed by atoms with Crippen LogP contribution in [0.1, 0.15) is 19.3 Å². The molecule has 0 bridgehead atoms. The Kier molecular flexibility index (Phi) is 3.34. The standard InChI is InChI=1S/C10H17NO2S/c12-10(13)8-2-3-9(8)11-4-1-6-14-7-5-11/h8-9H,1-7H2,(H,12,13). The van der Waals surface area contributed by atoms with Gasteiger partial charge in [0.15, 0.2) is 0 Å². The summed E-state index contributed by atoms with van der Waals surface area (Å²) in [7, 11) is 0. The zero-order valence-corrected chi connectivity index (χ0v) is 9.13. The quantitative estimate of drug-likeness (QED) is 0.753. The maximum Gasteiger partial charge on any atom is 0.308 e. The molecule has 1 aliphatic heterocycles. The van der Waals surface area contributed by atoms with Gasteiger partial charge in [0.25, 0.3) is 0 Å². The van der Waals surface area contributed by atoms with Gasteiger partial charge in [-0.3, -0.25) is 9.69 Å². The zero-order chi connectivity index (χ0) is 9.97. The molecule has 14 heavy (non-hydrogen) atoms. The summed E-state index contributed by atoms with van der Waals surface area (Å²) in [5.41, 5.74) is 0. The number of thioether (sulfide) groups is 1. The lowest BCUT2D eigenvalue weighted by Gasteiger charge is -2.41. The molecule has 0 amide bonds. The van der Waals surface area contributed by atoms with Crippen molar-refractivity contribution < 1.29 is 9.90 Å². The summed E-state index contributed by atoms with van der Waals surface area (Å²) in [5.74, 6) is 1.72. The van der Waals surface area contributed by atoms with Crippen molar-refractivity contribution >= 4 is 17.7 Å². The average Bonchev–Trinajstić information content (AvgIpc) is 2.29. The fourth-order valence-corrected chi connectivity index (χ4v) is 3.21. The minimum atomic E-state index is -0.599. The molecule has 2 aliphatic rings. The van der Waals surface area contributed by atoms with Gasteiger partial charge in [-0.05, 0) is 31.6 Å². The van der Waals surface area contributed by atoms with Crippen LogP contribution in [0.2, 0.25) is 0 Å². The van der Waals surface area contributed by atoms with Gasteiger partial charge in [0, 0.05) is 18.3 Å². The molecule has 2 rings (SSSR count). The first-order valence-electron chi connectivity index (χ1n) is 5.33. The van der Waals surface area contributed by atoms with E-state index in [9.17, 15) is 4.79 Å². The van der Waals surface area contributed by atoms with E-state index in [2.05, 4.69) is 4.90 Å². The minimum Gasteiger partial charge on any atom is -0.481 e. The second-order valence-electron chi connectivity index (χ2n) is 4.09. The van der Waals surface area contributed by atoms with Gasteiger partial charge in [0.1, 0.15) is 0 Å². The van der Waals surface area contributed by atoms with E-state index in [4.69, 9.17) is 5.11 Å². The molecule has 1 saturated carbocycles. The Hall–Kier alpha value is -0.220. The van der Waals surface area contributed by atoms with E-state index < -0.39 is 5.97 Å². The normalized spacial score (nSPS) is 34.6. The van der Waals surface area contributed by atoms with Crippen LogP contribution in [0, 0.1) is 5.92 Å². The lowest BCUT2D eigenvalue weighted by Crippen LogP contribution is -2.50. The summed E-state index contributed by atoms with van der Waals surface area (Å²) < 4.78 is 0. The van der Waals surface area contributed by atoms with Crippen LogP contribution in [-0.2, 0) is 4.79 Å². The summed E-state index contributed by atoms with van der Waals surface area (Å²) >= 11 is 1.99. The Morgan fingerprint density at radius 3 is 2.79 bits per heavy atom. The Balaban J connectivity index is 1.90. The monoisotopic (exact) mass is 215 g/mol. The number of carboxylic acid groups (broad SMARTS) is 1. The Bertz CT molecular complexity index is 214. The maximum absolute atomic E-state index is 10.9. The van der Waals surface area contributed by atoms with E-state index in [1.807, 2.05) is 11.8 Å². The predicted molar refractivity (Wildman–Crippen MR) is 57.7 cm³/mol. The smallest absolute Gasteiger partial charge is 0.308 e. The Morgan fingerprint density at radius 1 is 1.29 bits per heavy atom. The third kappa shape index (κ3) is 2.06. The molecule has 2 atom stereocenters. The van der Waals surface area contributed by atoms with E-state index in [-0.39, 0.29) is 5.92 Å². The highest BCUT2D eigenvalue weighted by Crippen LogP contribution is 2.33. The van der Waals surface area contributed by atoms with Crippen LogP contribution >= 0.6 is 11.8 Å². The van der Waals surface area contributed by atoms with Gasteiger partial charge in [-0.25, -0.2) is 0 Å². The van der Waals surface area contributed by atoms with Crippen LogP contribution in [0.25, 0.3) is 0 Å². The number of hydrogen-bond acceptors (Lipinski definition) is 3. The molecule has 0 spiro atoms. The SMILES string of the molecule is O=C(O)C1CCC1N1CCCSCC1. The number of carboxylic acids is 1. The van der Waals surface area contributed by atoms with Crippen molar-refractivity contribution in [3.8, 4) is 0 Å². The third-order valence-electron chi connectivity index (χ3n) is 3.28. The van der Waals surface area contributed by atoms with Crippen molar-refractivity contribution in [2.24, 2.45) is 5.92 Å². The largest absolute Gasteiger partial charge is 0.481 e. The van der Waals surface area contributed by atoms with Crippen LogP contribution in [0.4, 0.5) is 0 Å². The summed E-state index contributed by atoms with van der Waals surface area (Å²) in [6.45, 7) is 2.18. The number of aliphatic carboxylic acids is 1. The van der Waals surface area contributed by atoms with E-state index >= 15 is 0 Å². The molecule has 80 valence electrons. The number of rotatable bonds is 2. The Morgan fingerprint density at radius 2 is 2.14 bits per heavy atom. The van der Waals surface area contributed by atoms with Gasteiger partial charge in [-0.15, -0.1) is 0 Å². The van der Waals surface area contributed by atoms with E-state index in [0.717, 1.165) is 25.9 Å². The van der Waals surface area contributed by atoms with E-state index in [0.29, 0.717) is 6.04 Å². The molecule has 4 heteroatoms. The summed E-state index contributed by atoms with van der Waals surface area (Å²) in [4.78, 5) is 13.3. The Labute approximate surface area is 88.9 Å². The first-order chi connectivity index (χ1) is 6.79. The van der Waals surface area contributed by atoms with Crippen LogP contribution < -0.4 is 0 Å². The molecule has 1 saturated heterocycles. The van der Waals surface area contributed by atoms with Crippen molar-refractivity contribution in [2.45, 2.75) is 25.3 Å². The molecule has 1 aliphatic carbocycles. The van der Waals surface area contributed by atoms with Gasteiger partial charge in [-0.1, -0.05) is 0 Å². The van der Waals surface area contributed by atoms with Crippen LogP contribution in [0.3, 0.4) is 0 Å².